The molecule has 0 spiro atoms. The fourth-order valence-corrected chi connectivity index (χ4v) is 2.59. The summed E-state index contributed by atoms with van der Waals surface area (Å²) in [4.78, 5) is 0. The van der Waals surface area contributed by atoms with E-state index in [0.29, 0.717) is 5.25 Å². The zero-order valence-corrected chi connectivity index (χ0v) is 10.2. The molecule has 1 heteroatoms. The molecule has 16 heavy (non-hydrogen) atoms. The Morgan fingerprint density at radius 1 is 1.00 bits per heavy atom. The monoisotopic (exact) mass is 226 g/mol. The first-order valence-corrected chi connectivity index (χ1v) is 6.16. The van der Waals surface area contributed by atoms with E-state index in [9.17, 15) is 0 Å². The largest absolute Gasteiger partial charge is 0.171 e. The van der Waals surface area contributed by atoms with E-state index >= 15 is 0 Å². The topological polar surface area (TPSA) is 0 Å². The van der Waals surface area contributed by atoms with Gasteiger partial charge >= 0.3 is 0 Å². The first-order chi connectivity index (χ1) is 7.75. The first-order valence-electron chi connectivity index (χ1n) is 5.65. The van der Waals surface area contributed by atoms with Crippen molar-refractivity contribution in [1.29, 1.82) is 0 Å². The molecule has 0 N–H and O–H groups in total. The lowest BCUT2D eigenvalue weighted by atomic mass is 10.0. The fraction of sp³-hybridized carbons (Fsp3) is 0.200. The van der Waals surface area contributed by atoms with Gasteiger partial charge in [0.25, 0.3) is 0 Å². The van der Waals surface area contributed by atoms with Crippen LogP contribution in [-0.4, -0.2) is 0 Å². The van der Waals surface area contributed by atoms with Gasteiger partial charge < -0.3 is 0 Å². The van der Waals surface area contributed by atoms with Gasteiger partial charge in [0.2, 0.25) is 0 Å². The maximum atomic E-state index is 4.49. The zero-order valence-electron chi connectivity index (χ0n) is 9.27. The number of rotatable bonds is 1. The molecule has 1 atom stereocenters. The van der Waals surface area contributed by atoms with Gasteiger partial charge in [0.15, 0.2) is 0 Å². The second-order valence-electron chi connectivity index (χ2n) is 4.43. The van der Waals surface area contributed by atoms with Crippen molar-refractivity contribution in [2.75, 3.05) is 0 Å². The van der Waals surface area contributed by atoms with Crippen molar-refractivity contribution in [2.24, 2.45) is 0 Å². The average molecular weight is 226 g/mol. The highest BCUT2D eigenvalue weighted by atomic mass is 32.1. The van der Waals surface area contributed by atoms with E-state index in [1.807, 2.05) is 0 Å². The van der Waals surface area contributed by atoms with E-state index in [1.165, 1.54) is 27.8 Å². The van der Waals surface area contributed by atoms with Gasteiger partial charge in [-0.15, -0.1) is 0 Å². The third kappa shape index (κ3) is 1.47. The molecule has 0 fully saturated rings. The van der Waals surface area contributed by atoms with Gasteiger partial charge in [-0.05, 0) is 41.2 Å². The number of hydrogen-bond acceptors (Lipinski definition) is 1. The van der Waals surface area contributed by atoms with Crippen LogP contribution in [0.3, 0.4) is 0 Å². The molecule has 0 aliphatic heterocycles. The molecular weight excluding hydrogens is 212 g/mol. The maximum absolute atomic E-state index is 4.49. The summed E-state index contributed by atoms with van der Waals surface area (Å²) in [6.07, 6.45) is 1.07. The Labute approximate surface area is 102 Å². The number of benzene rings is 2. The predicted molar refractivity (Wildman–Crippen MR) is 72.1 cm³/mol. The van der Waals surface area contributed by atoms with Gasteiger partial charge in [-0.3, -0.25) is 0 Å². The van der Waals surface area contributed by atoms with Gasteiger partial charge in [-0.1, -0.05) is 42.5 Å². The lowest BCUT2D eigenvalue weighted by Gasteiger charge is -2.07. The standard InChI is InChI=1S/C15H14S/c1-10(16)11-6-7-15-13(8-11)9-12-4-2-3-5-14(12)15/h2-8,10,16H,9H2,1H3/t10-/m0/s1. The van der Waals surface area contributed by atoms with Gasteiger partial charge in [0.1, 0.15) is 0 Å². The van der Waals surface area contributed by atoms with E-state index < -0.39 is 0 Å². The Morgan fingerprint density at radius 3 is 2.56 bits per heavy atom. The third-order valence-electron chi connectivity index (χ3n) is 3.30. The minimum Gasteiger partial charge on any atom is -0.171 e. The van der Waals surface area contributed by atoms with Crippen molar-refractivity contribution in [2.45, 2.75) is 18.6 Å². The molecule has 0 radical (unpaired) electrons. The molecule has 2 aromatic carbocycles. The van der Waals surface area contributed by atoms with Crippen molar-refractivity contribution in [3.05, 3.63) is 59.2 Å². The van der Waals surface area contributed by atoms with E-state index in [2.05, 4.69) is 62.0 Å². The van der Waals surface area contributed by atoms with Crippen molar-refractivity contribution in [3.63, 3.8) is 0 Å². The summed E-state index contributed by atoms with van der Waals surface area (Å²) < 4.78 is 0. The highest BCUT2D eigenvalue weighted by molar-refractivity contribution is 7.80. The van der Waals surface area contributed by atoms with Crippen LogP contribution in [-0.2, 0) is 6.42 Å². The van der Waals surface area contributed by atoms with Crippen LogP contribution in [0.15, 0.2) is 42.5 Å². The fourth-order valence-electron chi connectivity index (χ4n) is 2.42. The molecule has 0 saturated heterocycles. The molecule has 80 valence electrons. The molecule has 1 aliphatic carbocycles. The van der Waals surface area contributed by atoms with Crippen LogP contribution in [0, 0.1) is 0 Å². The summed E-state index contributed by atoms with van der Waals surface area (Å²) in [6.45, 7) is 2.12. The van der Waals surface area contributed by atoms with E-state index in [-0.39, 0.29) is 0 Å². The highest BCUT2D eigenvalue weighted by Crippen LogP contribution is 2.37. The summed E-state index contributed by atoms with van der Waals surface area (Å²) in [6, 6.07) is 15.4. The lowest BCUT2D eigenvalue weighted by molar-refractivity contribution is 1.10. The molecule has 1 aliphatic rings. The highest BCUT2D eigenvalue weighted by Gasteiger charge is 2.18. The van der Waals surface area contributed by atoms with Gasteiger partial charge in [-0.2, -0.15) is 12.6 Å². The molecule has 0 bridgehead atoms. The van der Waals surface area contributed by atoms with Crippen LogP contribution >= 0.6 is 12.6 Å². The summed E-state index contributed by atoms with van der Waals surface area (Å²) in [5, 5.41) is 0.314. The molecule has 0 nitrogen and oxygen atoms in total. The van der Waals surface area contributed by atoms with Gasteiger partial charge in [0.05, 0.1) is 0 Å². The van der Waals surface area contributed by atoms with Crippen LogP contribution in [0.2, 0.25) is 0 Å². The first kappa shape index (κ1) is 9.98. The predicted octanol–water partition coefficient (Wildman–Crippen LogP) is 4.25. The SMILES string of the molecule is C[C@H](S)c1ccc2c(c1)Cc1ccccc1-2. The second-order valence-corrected chi connectivity index (χ2v) is 5.20. The normalized spacial score (nSPS) is 14.4. The van der Waals surface area contributed by atoms with Crippen molar-refractivity contribution < 1.29 is 0 Å². The van der Waals surface area contributed by atoms with Crippen LogP contribution in [0.5, 0.6) is 0 Å². The van der Waals surface area contributed by atoms with E-state index in [1.54, 1.807) is 0 Å². The summed E-state index contributed by atoms with van der Waals surface area (Å²) in [7, 11) is 0. The zero-order chi connectivity index (χ0) is 11.1. The molecule has 2 aromatic rings. The van der Waals surface area contributed by atoms with Crippen LogP contribution < -0.4 is 0 Å². The second kappa shape index (κ2) is 3.67. The van der Waals surface area contributed by atoms with Crippen molar-refractivity contribution in [1.82, 2.24) is 0 Å². The van der Waals surface area contributed by atoms with Gasteiger partial charge in [0, 0.05) is 5.25 Å². The molecule has 0 amide bonds. The number of thiol groups is 1. The van der Waals surface area contributed by atoms with Gasteiger partial charge in [-0.25, -0.2) is 0 Å². The number of hydrogen-bond donors (Lipinski definition) is 1. The summed E-state index contributed by atoms with van der Waals surface area (Å²) in [5.41, 5.74) is 7.00. The van der Waals surface area contributed by atoms with E-state index in [0.717, 1.165) is 6.42 Å². The molecule has 0 unspecified atom stereocenters. The van der Waals surface area contributed by atoms with Crippen molar-refractivity contribution >= 4 is 12.6 Å². The average Bonchev–Trinajstić information content (AvgIpc) is 2.66. The van der Waals surface area contributed by atoms with Crippen LogP contribution in [0.1, 0.15) is 28.9 Å². The van der Waals surface area contributed by atoms with Crippen LogP contribution in [0.4, 0.5) is 0 Å². The lowest BCUT2D eigenvalue weighted by Crippen LogP contribution is -1.87. The van der Waals surface area contributed by atoms with Crippen molar-refractivity contribution in [3.8, 4) is 11.1 Å². The number of fused-ring (bicyclic) bond motifs is 3. The third-order valence-corrected chi connectivity index (χ3v) is 3.60. The smallest absolute Gasteiger partial charge is 0.0238 e. The minimum absolute atomic E-state index is 0.314. The molecule has 3 rings (SSSR count). The van der Waals surface area contributed by atoms with Crippen LogP contribution in [0.25, 0.3) is 11.1 Å². The summed E-state index contributed by atoms with van der Waals surface area (Å²) in [5.74, 6) is 0. The quantitative estimate of drug-likeness (QED) is 0.589. The Bertz CT molecular complexity index is 541. The molecule has 0 aromatic heterocycles. The summed E-state index contributed by atoms with van der Waals surface area (Å²) >= 11 is 4.49. The molecule has 0 saturated carbocycles. The molecule has 0 heterocycles. The van der Waals surface area contributed by atoms with E-state index in [4.69, 9.17) is 0 Å². The molecular formula is C15H14S. The Kier molecular flexibility index (Phi) is 2.29. The Hall–Kier alpha value is -1.21. The minimum atomic E-state index is 0.314. The Balaban J connectivity index is 2.14. The maximum Gasteiger partial charge on any atom is 0.0238 e. The Morgan fingerprint density at radius 2 is 1.75 bits per heavy atom.